The highest BCUT2D eigenvalue weighted by molar-refractivity contribution is 8.04. The number of hydrogen-bond acceptors (Lipinski definition) is 4. The molecular weight excluding hydrogens is 385 g/mol. The second-order valence-corrected chi connectivity index (χ2v) is 9.27. The van der Waals surface area contributed by atoms with Gasteiger partial charge < -0.3 is 4.74 Å². The van der Waals surface area contributed by atoms with Gasteiger partial charge in [0.25, 0.3) is 0 Å². The molecule has 0 radical (unpaired) electrons. The summed E-state index contributed by atoms with van der Waals surface area (Å²) in [5.74, 6) is 1.10. The highest BCUT2D eigenvalue weighted by Gasteiger charge is 2.24. The van der Waals surface area contributed by atoms with Crippen LogP contribution in [0.25, 0.3) is 0 Å². The van der Waals surface area contributed by atoms with E-state index in [0.29, 0.717) is 23.7 Å². The van der Waals surface area contributed by atoms with Crippen LogP contribution in [-0.2, 0) is 4.74 Å². The molecule has 0 aliphatic carbocycles. The van der Waals surface area contributed by atoms with Crippen molar-refractivity contribution in [3.8, 4) is 0 Å². The van der Waals surface area contributed by atoms with Crippen molar-refractivity contribution in [2.24, 2.45) is 15.9 Å². The van der Waals surface area contributed by atoms with Gasteiger partial charge in [0.05, 0.1) is 6.54 Å². The first-order chi connectivity index (χ1) is 12.9. The summed E-state index contributed by atoms with van der Waals surface area (Å²) in [6, 6.07) is 0. The molecule has 0 aromatic rings. The zero-order valence-electron chi connectivity index (χ0n) is 17.1. The van der Waals surface area contributed by atoms with E-state index in [1.54, 1.807) is 18.0 Å². The minimum atomic E-state index is -4.37. The Kier molecular flexibility index (Phi) is 9.27. The van der Waals surface area contributed by atoms with Crippen molar-refractivity contribution in [2.45, 2.75) is 58.4 Å². The third-order valence-electron chi connectivity index (χ3n) is 3.68. The van der Waals surface area contributed by atoms with Crippen LogP contribution in [0.5, 0.6) is 0 Å². The van der Waals surface area contributed by atoms with Crippen molar-refractivity contribution in [3.63, 3.8) is 0 Å². The van der Waals surface area contributed by atoms with Crippen LogP contribution < -0.4 is 0 Å². The van der Waals surface area contributed by atoms with Gasteiger partial charge in [-0.3, -0.25) is 9.98 Å². The summed E-state index contributed by atoms with van der Waals surface area (Å²) >= 11 is 1.78. The van der Waals surface area contributed by atoms with Gasteiger partial charge in [0.1, 0.15) is 5.76 Å². The van der Waals surface area contributed by atoms with Gasteiger partial charge in [0.15, 0.2) is 5.90 Å². The van der Waals surface area contributed by atoms with Crippen LogP contribution in [0.3, 0.4) is 0 Å². The first-order valence-electron chi connectivity index (χ1n) is 9.14. The van der Waals surface area contributed by atoms with Gasteiger partial charge in [-0.25, -0.2) is 0 Å². The lowest BCUT2D eigenvalue weighted by molar-refractivity contribution is -0.0798. The summed E-state index contributed by atoms with van der Waals surface area (Å²) in [5, 5.41) is 0. The van der Waals surface area contributed by atoms with Gasteiger partial charge in [-0.1, -0.05) is 34.3 Å². The minimum absolute atomic E-state index is 0.0701. The molecular formula is C21H29F3N2OS. The van der Waals surface area contributed by atoms with Crippen LogP contribution in [-0.4, -0.2) is 29.6 Å². The van der Waals surface area contributed by atoms with Crippen LogP contribution in [0, 0.1) is 5.92 Å². The fourth-order valence-electron chi connectivity index (χ4n) is 2.35. The summed E-state index contributed by atoms with van der Waals surface area (Å²) in [7, 11) is 0. The number of halogens is 3. The van der Waals surface area contributed by atoms with Crippen molar-refractivity contribution in [2.75, 3.05) is 6.54 Å². The van der Waals surface area contributed by atoms with Gasteiger partial charge in [0, 0.05) is 40.1 Å². The lowest BCUT2D eigenvalue weighted by atomic mass is 10.0. The number of rotatable bonds is 8. The molecule has 0 aromatic heterocycles. The Morgan fingerprint density at radius 1 is 1.36 bits per heavy atom. The van der Waals surface area contributed by atoms with E-state index in [1.165, 1.54) is 11.0 Å². The zero-order chi connectivity index (χ0) is 21.4. The Morgan fingerprint density at radius 3 is 2.57 bits per heavy atom. The predicted octanol–water partition coefficient (Wildman–Crippen LogP) is 6.85. The fraction of sp³-hybridized carbons (Fsp3) is 0.524. The Bertz CT molecular complexity index is 695. The summed E-state index contributed by atoms with van der Waals surface area (Å²) in [5.41, 5.74) is 0.366. The molecule has 7 heteroatoms. The minimum Gasteiger partial charge on any atom is -0.443 e. The second-order valence-electron chi connectivity index (χ2n) is 7.37. The monoisotopic (exact) mass is 414 g/mol. The topological polar surface area (TPSA) is 34.0 Å². The van der Waals surface area contributed by atoms with Gasteiger partial charge in [-0.05, 0) is 31.4 Å². The number of ether oxygens (including phenoxy) is 1. The second kappa shape index (κ2) is 10.7. The largest absolute Gasteiger partial charge is 0.443 e. The Labute approximate surface area is 170 Å². The molecule has 1 atom stereocenters. The molecule has 1 aliphatic rings. The van der Waals surface area contributed by atoms with E-state index < -0.39 is 6.18 Å². The predicted molar refractivity (Wildman–Crippen MR) is 114 cm³/mol. The molecule has 1 heterocycles. The van der Waals surface area contributed by atoms with E-state index >= 15 is 0 Å². The van der Waals surface area contributed by atoms with Crippen LogP contribution in [0.4, 0.5) is 13.2 Å². The molecule has 0 spiro atoms. The van der Waals surface area contributed by atoms with Crippen LogP contribution >= 0.6 is 11.8 Å². The van der Waals surface area contributed by atoms with E-state index in [2.05, 4.69) is 44.3 Å². The van der Waals surface area contributed by atoms with Crippen LogP contribution in [0.2, 0.25) is 0 Å². The van der Waals surface area contributed by atoms with Gasteiger partial charge in [-0.15, -0.1) is 11.8 Å². The van der Waals surface area contributed by atoms with Crippen molar-refractivity contribution in [1.82, 2.24) is 0 Å². The van der Waals surface area contributed by atoms with E-state index in [0.717, 1.165) is 12.5 Å². The Morgan fingerprint density at radius 2 is 2.04 bits per heavy atom. The molecule has 0 N–H and O–H groups in total. The van der Waals surface area contributed by atoms with Crippen LogP contribution in [0.1, 0.15) is 47.5 Å². The number of alkyl halides is 3. The summed E-state index contributed by atoms with van der Waals surface area (Å²) in [4.78, 5) is 9.73. The smallest absolute Gasteiger partial charge is 0.409 e. The summed E-state index contributed by atoms with van der Waals surface area (Å²) in [6.07, 6.45) is 3.26. The van der Waals surface area contributed by atoms with Gasteiger partial charge >= 0.3 is 6.18 Å². The maximum Gasteiger partial charge on any atom is 0.409 e. The molecule has 0 bridgehead atoms. The molecule has 0 saturated heterocycles. The SMILES string of the molecule is C=CC1=C(/C=C/C(F)(F)F)CN=C(CCC(C)/C(=C\N=C/C)SC(C)(C)C)O1. The van der Waals surface area contributed by atoms with E-state index in [4.69, 9.17) is 4.74 Å². The van der Waals surface area contributed by atoms with E-state index in [9.17, 15) is 13.2 Å². The van der Waals surface area contributed by atoms with Gasteiger partial charge in [0.2, 0.25) is 0 Å². The van der Waals surface area contributed by atoms with Gasteiger partial charge in [-0.2, -0.15) is 13.2 Å². The molecule has 0 fully saturated rings. The molecule has 0 aromatic carbocycles. The molecule has 1 rings (SSSR count). The number of aliphatic imine (C=N–C) groups is 2. The van der Waals surface area contributed by atoms with Crippen molar-refractivity contribution in [1.29, 1.82) is 0 Å². The number of hydrogen-bond donors (Lipinski definition) is 0. The lowest BCUT2D eigenvalue weighted by Gasteiger charge is -2.24. The highest BCUT2D eigenvalue weighted by Crippen LogP contribution is 2.37. The first-order valence-corrected chi connectivity index (χ1v) is 9.96. The summed E-state index contributed by atoms with van der Waals surface area (Å²) in [6.45, 7) is 14.2. The molecule has 3 nitrogen and oxygen atoms in total. The van der Waals surface area contributed by atoms with Crippen molar-refractivity contribution >= 4 is 23.9 Å². The fourth-order valence-corrected chi connectivity index (χ4v) is 3.49. The molecule has 0 saturated carbocycles. The van der Waals surface area contributed by atoms with Crippen molar-refractivity contribution in [3.05, 3.63) is 47.2 Å². The highest BCUT2D eigenvalue weighted by atomic mass is 32.2. The summed E-state index contributed by atoms with van der Waals surface area (Å²) < 4.78 is 42.9. The third-order valence-corrected chi connectivity index (χ3v) is 5.04. The molecule has 28 heavy (non-hydrogen) atoms. The maximum absolute atomic E-state index is 12.4. The standard InChI is InChI=1S/C21H29F3N2OS/c1-7-17-16(11-12-21(22,23)24)13-26-19(27-17)10-9-15(3)18(14-25-8-2)28-20(4,5)6/h7-8,11-12,14-15H,1,9-10,13H2,2-6H3/b12-11+,18-14+,25-8-. The van der Waals surface area contributed by atoms with Crippen molar-refractivity contribution < 1.29 is 17.9 Å². The number of nitrogens with zero attached hydrogens (tertiary/aromatic N) is 2. The Balaban J connectivity index is 2.76. The molecule has 156 valence electrons. The normalized spacial score (nSPS) is 17.9. The van der Waals surface area contributed by atoms with E-state index in [1.807, 2.05) is 13.1 Å². The number of allylic oxidation sites excluding steroid dienone is 3. The van der Waals surface area contributed by atoms with Crippen LogP contribution in [0.15, 0.2) is 57.2 Å². The quantitative estimate of drug-likeness (QED) is 0.407. The maximum atomic E-state index is 12.4. The molecule has 1 unspecified atom stereocenters. The van der Waals surface area contributed by atoms with E-state index in [-0.39, 0.29) is 23.3 Å². The first kappa shape index (κ1) is 24.3. The zero-order valence-corrected chi connectivity index (χ0v) is 18.0. The average molecular weight is 415 g/mol. The molecule has 1 aliphatic heterocycles. The molecule has 0 amide bonds. The lowest BCUT2D eigenvalue weighted by Crippen LogP contribution is -2.15. The average Bonchev–Trinajstić information content (AvgIpc) is 2.59. The Hall–Kier alpha value is -1.76. The third kappa shape index (κ3) is 9.44. The number of thioether (sulfide) groups is 1.